The van der Waals surface area contributed by atoms with E-state index in [1.807, 2.05) is 20.8 Å². The highest BCUT2D eigenvalue weighted by Gasteiger charge is 2.54. The van der Waals surface area contributed by atoms with Gasteiger partial charge in [0.1, 0.15) is 11.2 Å². The first-order valence-electron chi connectivity index (χ1n) is 8.15. The number of carboxylic acids is 1. The van der Waals surface area contributed by atoms with Gasteiger partial charge in [0, 0.05) is 11.3 Å². The van der Waals surface area contributed by atoms with E-state index in [1.165, 1.54) is 0 Å². The summed E-state index contributed by atoms with van der Waals surface area (Å²) in [6.45, 7) is 8.37. The molecule has 7 heteroatoms. The molecular formula is C17H23N2O5-. The van der Waals surface area contributed by atoms with Crippen LogP contribution >= 0.6 is 0 Å². The Labute approximate surface area is 141 Å². The molecule has 1 fully saturated rings. The maximum absolute atomic E-state index is 12.1. The van der Waals surface area contributed by atoms with Crippen LogP contribution in [0, 0.1) is 0 Å². The molecular weight excluding hydrogens is 312 g/mol. The van der Waals surface area contributed by atoms with Crippen LogP contribution < -0.4 is 10.4 Å². The number of aliphatic carboxylic acids is 1. The second-order valence-electron chi connectivity index (χ2n) is 7.58. The largest absolute Gasteiger partial charge is 0.547 e. The Hall–Kier alpha value is -2.02. The van der Waals surface area contributed by atoms with E-state index in [9.17, 15) is 14.7 Å². The molecule has 132 valence electrons. The summed E-state index contributed by atoms with van der Waals surface area (Å²) >= 11 is 0. The lowest BCUT2D eigenvalue weighted by atomic mass is 9.81. The molecule has 0 aromatic heterocycles. The summed E-state index contributed by atoms with van der Waals surface area (Å²) in [5, 5.41) is 14.5. The molecule has 0 radical (unpaired) electrons. The van der Waals surface area contributed by atoms with Gasteiger partial charge in [0.2, 0.25) is 0 Å². The minimum Gasteiger partial charge on any atom is -0.547 e. The number of nitrogens with one attached hydrogen (secondary N) is 1. The Balaban J connectivity index is 1.71. The lowest BCUT2D eigenvalue weighted by Gasteiger charge is -2.48. The molecule has 1 N–H and O–H groups in total. The van der Waals surface area contributed by atoms with Crippen molar-refractivity contribution < 1.29 is 24.2 Å². The average molecular weight is 335 g/mol. The smallest absolute Gasteiger partial charge is 0.410 e. The second-order valence-corrected chi connectivity index (χ2v) is 7.58. The van der Waals surface area contributed by atoms with Gasteiger partial charge in [-0.25, -0.2) is 4.79 Å². The van der Waals surface area contributed by atoms with Crippen LogP contribution in [0.4, 0.5) is 4.79 Å². The van der Waals surface area contributed by atoms with E-state index >= 15 is 0 Å². The van der Waals surface area contributed by atoms with Crippen molar-refractivity contribution in [3.8, 4) is 0 Å². The van der Waals surface area contributed by atoms with Gasteiger partial charge >= 0.3 is 6.09 Å². The van der Waals surface area contributed by atoms with Crippen LogP contribution in [0.1, 0.15) is 34.1 Å². The number of ether oxygens (including phenoxy) is 2. The number of hydrogen-bond acceptors (Lipinski definition) is 6. The summed E-state index contributed by atoms with van der Waals surface area (Å²) in [5.41, 5.74) is -0.633. The number of carbonyl (C=O) groups excluding carboxylic acids is 2. The van der Waals surface area contributed by atoms with Gasteiger partial charge in [-0.15, -0.1) is 0 Å². The molecule has 1 unspecified atom stereocenters. The fourth-order valence-electron chi connectivity index (χ4n) is 3.29. The van der Waals surface area contributed by atoms with Gasteiger partial charge in [0.25, 0.3) is 0 Å². The molecule has 0 saturated carbocycles. The van der Waals surface area contributed by atoms with E-state index in [2.05, 4.69) is 5.32 Å². The van der Waals surface area contributed by atoms with Crippen LogP contribution in [0.15, 0.2) is 23.4 Å². The Kier molecular flexibility index (Phi) is 3.67. The molecule has 1 spiro atoms. The van der Waals surface area contributed by atoms with E-state index in [-0.39, 0.29) is 6.09 Å². The number of hydrogen-bond donors (Lipinski definition) is 1. The number of nitrogens with zero attached hydrogens (tertiary/aromatic N) is 1. The highest BCUT2D eigenvalue weighted by atomic mass is 16.6. The summed E-state index contributed by atoms with van der Waals surface area (Å²) in [6, 6.07) is 0. The lowest BCUT2D eigenvalue weighted by Crippen LogP contribution is -2.65. The monoisotopic (exact) mass is 335 g/mol. The van der Waals surface area contributed by atoms with Crippen LogP contribution in [0.25, 0.3) is 0 Å². The van der Waals surface area contributed by atoms with Gasteiger partial charge in [0.05, 0.1) is 31.2 Å². The first-order valence-corrected chi connectivity index (χ1v) is 8.15. The second kappa shape index (κ2) is 5.24. The summed E-state index contributed by atoms with van der Waals surface area (Å²) in [6.07, 6.45) is 3.42. The maximum Gasteiger partial charge on any atom is 0.410 e. The van der Waals surface area contributed by atoms with Gasteiger partial charge in [-0.3, -0.25) is 0 Å². The Morgan fingerprint density at radius 3 is 2.62 bits per heavy atom. The lowest BCUT2D eigenvalue weighted by molar-refractivity contribution is -0.312. The molecule has 0 aromatic rings. The zero-order valence-corrected chi connectivity index (χ0v) is 14.5. The summed E-state index contributed by atoms with van der Waals surface area (Å²) in [7, 11) is 0. The summed E-state index contributed by atoms with van der Waals surface area (Å²) in [4.78, 5) is 25.1. The number of carbonyl (C=O) groups is 2. The molecule has 3 heterocycles. The number of amides is 1. The highest BCUT2D eigenvalue weighted by Crippen LogP contribution is 2.42. The van der Waals surface area contributed by atoms with E-state index in [4.69, 9.17) is 9.47 Å². The van der Waals surface area contributed by atoms with Crippen LogP contribution in [-0.4, -0.2) is 53.4 Å². The zero-order valence-electron chi connectivity index (χ0n) is 14.5. The SMILES string of the molecule is CCC1(C(=O)[O-])C=CC2=C(COC23CN(C(=O)OC(C)(C)C)C3)N1. The fourth-order valence-corrected chi connectivity index (χ4v) is 3.29. The standard InChI is InChI=1S/C17H24N2O5/c1-5-16(13(20)21)7-6-11-12(18-16)8-23-17(11)9-19(10-17)14(22)24-15(2,3)4/h6-7,18H,5,8-10H2,1-4H3,(H,20,21)/p-1. The molecule has 3 rings (SSSR count). The van der Waals surface area contributed by atoms with Crippen molar-refractivity contribution in [3.63, 3.8) is 0 Å². The molecule has 0 aromatic carbocycles. The first kappa shape index (κ1) is 16.8. The van der Waals surface area contributed by atoms with Crippen molar-refractivity contribution in [1.29, 1.82) is 0 Å². The third-order valence-corrected chi connectivity index (χ3v) is 4.68. The minimum absolute atomic E-state index is 0.302. The highest BCUT2D eigenvalue weighted by molar-refractivity contribution is 5.81. The van der Waals surface area contributed by atoms with Crippen molar-refractivity contribution in [2.24, 2.45) is 0 Å². The fraction of sp³-hybridized carbons (Fsp3) is 0.647. The number of rotatable bonds is 2. The molecule has 1 saturated heterocycles. The number of dihydropyridines is 1. The van der Waals surface area contributed by atoms with E-state index in [0.717, 1.165) is 11.3 Å². The van der Waals surface area contributed by atoms with Crippen molar-refractivity contribution >= 4 is 12.1 Å². The molecule has 0 bridgehead atoms. The van der Waals surface area contributed by atoms with Crippen molar-refractivity contribution in [1.82, 2.24) is 10.2 Å². The molecule has 3 aliphatic rings. The average Bonchev–Trinajstić information content (AvgIpc) is 2.81. The van der Waals surface area contributed by atoms with Crippen LogP contribution in [0.2, 0.25) is 0 Å². The Morgan fingerprint density at radius 1 is 1.42 bits per heavy atom. The van der Waals surface area contributed by atoms with Gasteiger partial charge in [-0.1, -0.05) is 19.1 Å². The summed E-state index contributed by atoms with van der Waals surface area (Å²) < 4.78 is 11.3. The van der Waals surface area contributed by atoms with Gasteiger partial charge in [-0.2, -0.15) is 0 Å². The molecule has 24 heavy (non-hydrogen) atoms. The third kappa shape index (κ3) is 2.56. The Morgan fingerprint density at radius 2 is 2.08 bits per heavy atom. The predicted octanol–water partition coefficient (Wildman–Crippen LogP) is 0.318. The molecule has 1 amide bonds. The predicted molar refractivity (Wildman–Crippen MR) is 83.8 cm³/mol. The number of fused-ring (bicyclic) bond motifs is 1. The molecule has 1 atom stereocenters. The summed E-state index contributed by atoms with van der Waals surface area (Å²) in [5.74, 6) is -1.15. The number of carboxylic acid groups (broad SMARTS) is 1. The number of likely N-dealkylation sites (tertiary alicyclic amines) is 1. The molecule has 0 aliphatic carbocycles. The van der Waals surface area contributed by atoms with Crippen LogP contribution in [-0.2, 0) is 14.3 Å². The van der Waals surface area contributed by atoms with Crippen molar-refractivity contribution in [3.05, 3.63) is 23.4 Å². The van der Waals surface area contributed by atoms with E-state index in [0.29, 0.717) is 26.1 Å². The van der Waals surface area contributed by atoms with Gasteiger partial charge in [0.15, 0.2) is 0 Å². The minimum atomic E-state index is -1.19. The zero-order chi connectivity index (χ0) is 17.8. The third-order valence-electron chi connectivity index (χ3n) is 4.68. The van der Waals surface area contributed by atoms with Gasteiger partial charge < -0.3 is 29.6 Å². The molecule has 3 aliphatic heterocycles. The maximum atomic E-state index is 12.1. The van der Waals surface area contributed by atoms with Crippen molar-refractivity contribution in [2.75, 3.05) is 19.7 Å². The van der Waals surface area contributed by atoms with Crippen molar-refractivity contribution in [2.45, 2.75) is 50.9 Å². The normalized spacial score (nSPS) is 27.6. The van der Waals surface area contributed by atoms with E-state index < -0.39 is 22.7 Å². The van der Waals surface area contributed by atoms with Crippen LogP contribution in [0.3, 0.4) is 0 Å². The topological polar surface area (TPSA) is 90.9 Å². The Bertz CT molecular complexity index is 640. The molecule has 7 nitrogen and oxygen atoms in total. The van der Waals surface area contributed by atoms with Gasteiger partial charge in [-0.05, 0) is 27.2 Å². The van der Waals surface area contributed by atoms with E-state index in [1.54, 1.807) is 24.0 Å². The van der Waals surface area contributed by atoms with Crippen LogP contribution in [0.5, 0.6) is 0 Å². The first-order chi connectivity index (χ1) is 11.1. The quantitative estimate of drug-likeness (QED) is 0.781.